The first-order chi connectivity index (χ1) is 9.79. The molecule has 0 bridgehead atoms. The van der Waals surface area contributed by atoms with Gasteiger partial charge >= 0.3 is 0 Å². The number of aromatic nitrogens is 3. The van der Waals surface area contributed by atoms with Crippen molar-refractivity contribution in [2.24, 2.45) is 0 Å². The predicted molar refractivity (Wildman–Crippen MR) is 73.9 cm³/mol. The van der Waals surface area contributed by atoms with E-state index in [2.05, 4.69) is 10.4 Å². The lowest BCUT2D eigenvalue weighted by atomic mass is 10.4. The number of carbonyl (C=O) groups is 1. The van der Waals surface area contributed by atoms with E-state index in [0.29, 0.717) is 5.69 Å². The van der Waals surface area contributed by atoms with Crippen molar-refractivity contribution in [3.8, 4) is 5.82 Å². The van der Waals surface area contributed by atoms with Gasteiger partial charge in [0.1, 0.15) is 5.82 Å². The number of hydrogen-bond acceptors (Lipinski definition) is 3. The molecule has 0 aliphatic rings. The molecule has 0 aliphatic heterocycles. The molecule has 0 saturated carbocycles. The molecule has 0 fully saturated rings. The molecule has 6 heteroatoms. The molecule has 0 radical (unpaired) electrons. The molecule has 0 aliphatic carbocycles. The van der Waals surface area contributed by atoms with Crippen LogP contribution in [0, 0.1) is 0 Å². The summed E-state index contributed by atoms with van der Waals surface area (Å²) in [5.74, 6) is 0.570. The second-order valence-electron chi connectivity index (χ2n) is 4.31. The number of nitrogens with zero attached hydrogens (tertiary/aromatic N) is 3. The van der Waals surface area contributed by atoms with Gasteiger partial charge in [-0.25, -0.2) is 4.68 Å². The third-order valence-electron chi connectivity index (χ3n) is 3.00. The van der Waals surface area contributed by atoms with Gasteiger partial charge in [0.25, 0.3) is 5.91 Å². The normalized spacial score (nSPS) is 10.8. The molecule has 102 valence electrons. The number of carbonyl (C=O) groups excluding carboxylic acids is 1. The van der Waals surface area contributed by atoms with Crippen LogP contribution in [0.1, 0.15) is 10.5 Å². The molecule has 0 spiro atoms. The zero-order valence-electron chi connectivity index (χ0n) is 10.7. The summed E-state index contributed by atoms with van der Waals surface area (Å²) in [6.45, 7) is 0.134. The van der Waals surface area contributed by atoms with Crippen molar-refractivity contribution < 1.29 is 9.90 Å². The molecule has 3 rings (SSSR count). The predicted octanol–water partition coefficient (Wildman–Crippen LogP) is 0.847. The van der Waals surface area contributed by atoms with Crippen LogP contribution < -0.4 is 5.32 Å². The summed E-state index contributed by atoms with van der Waals surface area (Å²) in [5.41, 5.74) is 1.38. The lowest BCUT2D eigenvalue weighted by Crippen LogP contribution is -2.26. The highest BCUT2D eigenvalue weighted by Gasteiger charge is 2.11. The van der Waals surface area contributed by atoms with Crippen LogP contribution in [0.15, 0.2) is 48.8 Å². The van der Waals surface area contributed by atoms with Crippen molar-refractivity contribution in [3.63, 3.8) is 0 Å². The van der Waals surface area contributed by atoms with E-state index in [1.165, 1.54) is 0 Å². The fraction of sp³-hybridized carbons (Fsp3) is 0.143. The Morgan fingerprint density at radius 2 is 2.10 bits per heavy atom. The van der Waals surface area contributed by atoms with Crippen LogP contribution in [0.3, 0.4) is 0 Å². The Hall–Kier alpha value is -2.60. The van der Waals surface area contributed by atoms with E-state index in [1.807, 2.05) is 40.9 Å². The van der Waals surface area contributed by atoms with E-state index in [0.717, 1.165) is 11.3 Å². The summed E-state index contributed by atoms with van der Waals surface area (Å²) in [4.78, 5) is 11.7. The molecule has 3 heterocycles. The number of aliphatic hydroxyl groups is 1. The monoisotopic (exact) mass is 270 g/mol. The van der Waals surface area contributed by atoms with Crippen LogP contribution in [0.2, 0.25) is 0 Å². The van der Waals surface area contributed by atoms with E-state index in [4.69, 9.17) is 5.11 Å². The van der Waals surface area contributed by atoms with Gasteiger partial charge in [-0.05, 0) is 30.3 Å². The molecule has 2 N–H and O–H groups in total. The second kappa shape index (κ2) is 5.18. The standard InChI is InChI=1S/C14H14N4O2/c19-10-7-15-14(20)12-6-9-18(16-12)13-5-4-11-3-1-2-8-17(11)13/h1-6,8-9,19H,7,10H2,(H,15,20). The minimum absolute atomic E-state index is 0.0875. The Balaban J connectivity index is 1.92. The van der Waals surface area contributed by atoms with E-state index in [1.54, 1.807) is 16.9 Å². The fourth-order valence-corrected chi connectivity index (χ4v) is 2.06. The maximum atomic E-state index is 11.7. The number of amides is 1. The molecule has 0 saturated heterocycles. The van der Waals surface area contributed by atoms with Crippen LogP contribution in [0.25, 0.3) is 11.3 Å². The minimum Gasteiger partial charge on any atom is -0.395 e. The first-order valence-corrected chi connectivity index (χ1v) is 6.31. The Labute approximate surface area is 115 Å². The molecule has 1 amide bonds. The van der Waals surface area contributed by atoms with Crippen molar-refractivity contribution in [2.75, 3.05) is 13.2 Å². The third-order valence-corrected chi connectivity index (χ3v) is 3.00. The number of aliphatic hydroxyl groups excluding tert-OH is 1. The summed E-state index contributed by atoms with van der Waals surface area (Å²) in [7, 11) is 0. The van der Waals surface area contributed by atoms with Crippen LogP contribution in [0.4, 0.5) is 0 Å². The average molecular weight is 270 g/mol. The largest absolute Gasteiger partial charge is 0.395 e. The summed E-state index contributed by atoms with van der Waals surface area (Å²) in [5, 5.41) is 15.5. The van der Waals surface area contributed by atoms with Crippen LogP contribution >= 0.6 is 0 Å². The highest BCUT2D eigenvalue weighted by molar-refractivity contribution is 5.92. The molecular formula is C14H14N4O2. The fourth-order valence-electron chi connectivity index (χ4n) is 2.06. The lowest BCUT2D eigenvalue weighted by molar-refractivity contribution is 0.0939. The molecule has 0 unspecified atom stereocenters. The van der Waals surface area contributed by atoms with Gasteiger partial charge in [-0.2, -0.15) is 5.10 Å². The SMILES string of the molecule is O=C(NCCO)c1ccn(-c2ccc3ccccn23)n1. The van der Waals surface area contributed by atoms with Crippen molar-refractivity contribution in [1.82, 2.24) is 19.5 Å². The van der Waals surface area contributed by atoms with Crippen LogP contribution in [-0.4, -0.2) is 38.3 Å². The van der Waals surface area contributed by atoms with E-state index in [9.17, 15) is 4.79 Å². The van der Waals surface area contributed by atoms with Gasteiger partial charge in [-0.15, -0.1) is 0 Å². The summed E-state index contributed by atoms with van der Waals surface area (Å²) < 4.78 is 3.64. The topological polar surface area (TPSA) is 71.6 Å². The van der Waals surface area contributed by atoms with E-state index in [-0.39, 0.29) is 19.1 Å². The van der Waals surface area contributed by atoms with Gasteiger partial charge in [0, 0.05) is 24.5 Å². The van der Waals surface area contributed by atoms with Crippen LogP contribution in [-0.2, 0) is 0 Å². The average Bonchev–Trinajstić information content (AvgIpc) is 3.10. The quantitative estimate of drug-likeness (QED) is 0.738. The highest BCUT2D eigenvalue weighted by Crippen LogP contribution is 2.13. The van der Waals surface area contributed by atoms with E-state index < -0.39 is 0 Å². The van der Waals surface area contributed by atoms with Crippen molar-refractivity contribution in [3.05, 3.63) is 54.5 Å². The Morgan fingerprint density at radius 3 is 2.95 bits per heavy atom. The van der Waals surface area contributed by atoms with Gasteiger partial charge in [0.15, 0.2) is 5.69 Å². The van der Waals surface area contributed by atoms with Gasteiger partial charge < -0.3 is 14.8 Å². The zero-order chi connectivity index (χ0) is 13.9. The summed E-state index contributed by atoms with van der Waals surface area (Å²) in [6, 6.07) is 11.5. The highest BCUT2D eigenvalue weighted by atomic mass is 16.3. The number of hydrogen-bond donors (Lipinski definition) is 2. The van der Waals surface area contributed by atoms with Crippen molar-refractivity contribution in [1.29, 1.82) is 0 Å². The summed E-state index contributed by atoms with van der Waals surface area (Å²) in [6.07, 6.45) is 3.68. The summed E-state index contributed by atoms with van der Waals surface area (Å²) >= 11 is 0. The van der Waals surface area contributed by atoms with Gasteiger partial charge in [0.05, 0.1) is 6.61 Å². The lowest BCUT2D eigenvalue weighted by Gasteiger charge is -2.02. The maximum absolute atomic E-state index is 11.7. The second-order valence-corrected chi connectivity index (χ2v) is 4.31. The Morgan fingerprint density at radius 1 is 1.20 bits per heavy atom. The minimum atomic E-state index is -0.293. The Kier molecular flexibility index (Phi) is 3.22. The molecule has 0 aromatic carbocycles. The number of nitrogens with one attached hydrogen (secondary N) is 1. The first kappa shape index (κ1) is 12.4. The molecule has 6 nitrogen and oxygen atoms in total. The molecular weight excluding hydrogens is 256 g/mol. The number of fused-ring (bicyclic) bond motifs is 1. The number of rotatable bonds is 4. The third kappa shape index (κ3) is 2.17. The van der Waals surface area contributed by atoms with E-state index >= 15 is 0 Å². The van der Waals surface area contributed by atoms with Gasteiger partial charge in [-0.3, -0.25) is 4.79 Å². The molecule has 3 aromatic heterocycles. The number of pyridine rings is 1. The molecule has 3 aromatic rings. The first-order valence-electron chi connectivity index (χ1n) is 6.31. The Bertz CT molecular complexity index is 744. The van der Waals surface area contributed by atoms with Crippen LogP contribution in [0.5, 0.6) is 0 Å². The maximum Gasteiger partial charge on any atom is 0.271 e. The molecule has 0 atom stereocenters. The van der Waals surface area contributed by atoms with Gasteiger partial charge in [-0.1, -0.05) is 6.07 Å². The zero-order valence-corrected chi connectivity index (χ0v) is 10.7. The van der Waals surface area contributed by atoms with Gasteiger partial charge in [0.2, 0.25) is 0 Å². The smallest absolute Gasteiger partial charge is 0.271 e. The van der Waals surface area contributed by atoms with Crippen molar-refractivity contribution >= 4 is 11.4 Å². The molecule has 20 heavy (non-hydrogen) atoms. The van der Waals surface area contributed by atoms with Crippen molar-refractivity contribution in [2.45, 2.75) is 0 Å².